The Morgan fingerprint density at radius 2 is 0.946 bits per heavy atom. The molecule has 8 amide bonds. The van der Waals surface area contributed by atoms with Gasteiger partial charge < -0.3 is 63.5 Å². The number of aromatic amines is 1. The third-order valence-electron chi connectivity index (χ3n) is 12.3. The highest BCUT2D eigenvalue weighted by molar-refractivity contribution is 5.99. The second kappa shape index (κ2) is 30.6. The molecule has 414 valence electrons. The Labute approximate surface area is 434 Å². The lowest BCUT2D eigenvalue weighted by Gasteiger charge is -2.29. The number of nitrogens with two attached hydrogens (primary N) is 1. The zero-order valence-electron chi connectivity index (χ0n) is 45.2. The molecule has 1 aromatic heterocycles. The summed E-state index contributed by atoms with van der Waals surface area (Å²) in [6.45, 7) is 20.9. The van der Waals surface area contributed by atoms with Crippen LogP contribution in [0.3, 0.4) is 0 Å². The number of aromatic nitrogens is 1. The van der Waals surface area contributed by atoms with E-state index in [4.69, 9.17) is 5.73 Å². The molecule has 22 heteroatoms. The molecule has 0 radical (unpaired) electrons. The molecule has 0 unspecified atom stereocenters. The van der Waals surface area contributed by atoms with Crippen molar-refractivity contribution in [2.75, 3.05) is 6.54 Å². The molecule has 0 fully saturated rings. The Morgan fingerprint density at radius 3 is 1.38 bits per heavy atom. The highest BCUT2D eigenvalue weighted by Crippen LogP contribution is 2.20. The lowest BCUT2D eigenvalue weighted by atomic mass is 9.97. The first-order valence-corrected chi connectivity index (χ1v) is 25.7. The van der Waals surface area contributed by atoms with Gasteiger partial charge in [0.1, 0.15) is 42.3 Å². The van der Waals surface area contributed by atoms with Crippen LogP contribution >= 0.6 is 0 Å². The number of H-pyrrole nitrogens is 1. The van der Waals surface area contributed by atoms with Crippen LogP contribution in [-0.4, -0.2) is 129 Å². The highest BCUT2D eigenvalue weighted by atomic mass is 16.4. The Kier molecular flexibility index (Phi) is 26.3. The Morgan fingerprint density at radius 1 is 0.541 bits per heavy atom. The summed E-state index contributed by atoms with van der Waals surface area (Å²) >= 11 is 0. The van der Waals surface area contributed by atoms with E-state index in [1.54, 1.807) is 72.0 Å². The molecule has 22 nitrogen and oxygen atoms in total. The third-order valence-corrected chi connectivity index (χ3v) is 12.3. The molecule has 0 saturated heterocycles. The zero-order valence-corrected chi connectivity index (χ0v) is 45.2. The van der Waals surface area contributed by atoms with Gasteiger partial charge in [-0.05, 0) is 72.8 Å². The number of nitrogens with one attached hydrogen (secondary N) is 9. The highest BCUT2D eigenvalue weighted by Gasteiger charge is 2.36. The van der Waals surface area contributed by atoms with Gasteiger partial charge in [0.2, 0.25) is 47.3 Å². The summed E-state index contributed by atoms with van der Waals surface area (Å²) in [5.41, 5.74) is 7.44. The number of hydrogen-bond donors (Lipinski definition) is 12. The molecular weight excluding hydrogens is 957 g/mol. The van der Waals surface area contributed by atoms with Crippen molar-refractivity contribution in [2.24, 2.45) is 41.2 Å². The minimum atomic E-state index is -1.78. The number of para-hydroxylation sites is 1. The summed E-state index contributed by atoms with van der Waals surface area (Å²) < 4.78 is 0. The van der Waals surface area contributed by atoms with Gasteiger partial charge in [-0.15, -0.1) is 0 Å². The third kappa shape index (κ3) is 21.5. The number of rotatable bonds is 32. The Balaban J connectivity index is 2.50. The molecule has 0 saturated carbocycles. The molecule has 0 aliphatic rings. The number of carbonyl (C=O) groups is 10. The van der Waals surface area contributed by atoms with Crippen molar-refractivity contribution in [3.8, 4) is 0 Å². The van der Waals surface area contributed by atoms with E-state index >= 15 is 0 Å². The van der Waals surface area contributed by atoms with Crippen LogP contribution in [0.25, 0.3) is 10.9 Å². The van der Waals surface area contributed by atoms with E-state index in [1.165, 1.54) is 0 Å². The summed E-state index contributed by atoms with van der Waals surface area (Å²) in [6, 6.07) is -3.06. The van der Waals surface area contributed by atoms with Gasteiger partial charge in [-0.2, -0.15) is 0 Å². The second-order valence-electron chi connectivity index (χ2n) is 21.3. The van der Waals surface area contributed by atoms with Crippen LogP contribution in [0.5, 0.6) is 0 Å². The zero-order chi connectivity index (χ0) is 56.1. The summed E-state index contributed by atoms with van der Waals surface area (Å²) in [4.78, 5) is 137. The molecule has 0 bridgehead atoms. The molecule has 2 rings (SSSR count). The standard InChI is InChI=1S/C52H84N10O12/c1-13-31(12)43(53)51(72)61-38(21-29(8)9)48(69)57-37(20-28(6)7)47(68)60-40(23-42(64)65)50(71)59-39(22-32-24-54-34-17-15-14-16-33(32)34)49(70)58-36(19-27(4)5)46(67)56-35(18-26(2)3)45(66)55-25-41(63)62-44(30(10)11)52(73)74/h14-17,24,26-31,35-40,43-44,54H,13,18-23,25,53H2,1-12H3,(H,55,66)(H,56,67)(H,57,69)(H,58,70)(H,59,71)(H,60,68)(H,61,72)(H,62,63)(H,64,65)(H,73,74)/t31-,35-,36-,37-,38-,39-,40-,43-,44-/m0/s1. The van der Waals surface area contributed by atoms with Gasteiger partial charge in [0, 0.05) is 23.5 Å². The van der Waals surface area contributed by atoms with Crippen molar-refractivity contribution in [2.45, 2.75) is 176 Å². The number of hydrogen-bond acceptors (Lipinski definition) is 11. The number of benzene rings is 1. The minimum absolute atomic E-state index is 0.0547. The largest absolute Gasteiger partial charge is 0.481 e. The van der Waals surface area contributed by atoms with Gasteiger partial charge in [0.05, 0.1) is 19.0 Å². The average molecular weight is 1040 g/mol. The fraction of sp³-hybridized carbons (Fsp3) is 0.654. The molecule has 1 heterocycles. The number of aliphatic carboxylic acids is 2. The number of fused-ring (bicyclic) bond motifs is 1. The van der Waals surface area contributed by atoms with E-state index < -0.39 is 126 Å². The number of carboxylic acids is 2. The van der Waals surface area contributed by atoms with E-state index in [1.807, 2.05) is 41.5 Å². The average Bonchev–Trinajstić information content (AvgIpc) is 3.71. The van der Waals surface area contributed by atoms with Crippen molar-refractivity contribution in [1.82, 2.24) is 47.5 Å². The Hall–Kier alpha value is -6.58. The van der Waals surface area contributed by atoms with Crippen molar-refractivity contribution in [3.63, 3.8) is 0 Å². The first-order valence-electron chi connectivity index (χ1n) is 25.7. The molecule has 1 aromatic carbocycles. The van der Waals surface area contributed by atoms with Crippen LogP contribution in [0.4, 0.5) is 0 Å². The molecule has 2 aromatic rings. The van der Waals surface area contributed by atoms with Crippen molar-refractivity contribution in [1.29, 1.82) is 0 Å². The lowest BCUT2D eigenvalue weighted by molar-refractivity contribution is -0.143. The van der Waals surface area contributed by atoms with Gasteiger partial charge in [-0.1, -0.05) is 108 Å². The van der Waals surface area contributed by atoms with Crippen molar-refractivity contribution in [3.05, 3.63) is 36.0 Å². The second-order valence-corrected chi connectivity index (χ2v) is 21.3. The van der Waals surface area contributed by atoms with E-state index in [0.29, 0.717) is 22.9 Å². The van der Waals surface area contributed by atoms with Crippen LogP contribution in [-0.2, 0) is 54.4 Å². The van der Waals surface area contributed by atoms with Gasteiger partial charge >= 0.3 is 11.9 Å². The number of carboxylic acid groups (broad SMARTS) is 2. The summed E-state index contributed by atoms with van der Waals surface area (Å²) in [7, 11) is 0. The fourth-order valence-corrected chi connectivity index (χ4v) is 8.10. The molecule has 0 aliphatic carbocycles. The van der Waals surface area contributed by atoms with Crippen LogP contribution in [0.1, 0.15) is 127 Å². The molecule has 0 aliphatic heterocycles. The molecule has 9 atom stereocenters. The minimum Gasteiger partial charge on any atom is -0.481 e. The summed E-state index contributed by atoms with van der Waals surface area (Å²) in [5.74, 6) is -10.3. The maximum absolute atomic E-state index is 14.6. The normalized spacial score (nSPS) is 15.2. The first-order chi connectivity index (χ1) is 34.5. The van der Waals surface area contributed by atoms with Gasteiger partial charge in [0.25, 0.3) is 0 Å². The van der Waals surface area contributed by atoms with Gasteiger partial charge in [-0.25, -0.2) is 4.79 Å². The first kappa shape index (κ1) is 63.5. The van der Waals surface area contributed by atoms with Crippen molar-refractivity contribution >= 4 is 70.1 Å². The number of amides is 8. The lowest BCUT2D eigenvalue weighted by Crippen LogP contribution is -2.61. The predicted molar refractivity (Wildman–Crippen MR) is 279 cm³/mol. The van der Waals surface area contributed by atoms with Gasteiger partial charge in [-0.3, -0.25) is 43.2 Å². The smallest absolute Gasteiger partial charge is 0.326 e. The van der Waals surface area contributed by atoms with Gasteiger partial charge in [0.15, 0.2) is 0 Å². The SMILES string of the molecule is CC[C@H](C)[C@H](N)C(=O)N[C@@H](CC(C)C)C(=O)N[C@@H](CC(C)C)C(=O)N[C@@H](CC(=O)O)C(=O)N[C@@H](Cc1c[nH]c2ccccc12)C(=O)N[C@@H](CC(C)C)C(=O)N[C@@H](CC(C)C)C(=O)NCC(=O)N[C@H](C(=O)O)C(C)C. The van der Waals surface area contributed by atoms with E-state index in [9.17, 15) is 58.2 Å². The van der Waals surface area contributed by atoms with Crippen LogP contribution in [0.2, 0.25) is 0 Å². The van der Waals surface area contributed by atoms with Crippen molar-refractivity contribution < 1.29 is 58.2 Å². The maximum atomic E-state index is 14.6. The van der Waals surface area contributed by atoms with Crippen LogP contribution in [0.15, 0.2) is 30.5 Å². The molecular formula is C52H84N10O12. The van der Waals surface area contributed by atoms with E-state index in [-0.39, 0.29) is 61.7 Å². The summed E-state index contributed by atoms with van der Waals surface area (Å²) in [6.07, 6.45) is 1.58. The Bertz CT molecular complexity index is 2240. The summed E-state index contributed by atoms with van der Waals surface area (Å²) in [5, 5.41) is 40.9. The predicted octanol–water partition coefficient (Wildman–Crippen LogP) is 1.99. The van der Waals surface area contributed by atoms with Crippen LogP contribution < -0.4 is 48.3 Å². The monoisotopic (exact) mass is 1040 g/mol. The van der Waals surface area contributed by atoms with Crippen LogP contribution in [0, 0.1) is 35.5 Å². The molecule has 13 N–H and O–H groups in total. The molecule has 0 spiro atoms. The maximum Gasteiger partial charge on any atom is 0.326 e. The topological polar surface area (TPSA) is 349 Å². The fourth-order valence-electron chi connectivity index (χ4n) is 8.10. The molecule has 74 heavy (non-hydrogen) atoms. The quantitative estimate of drug-likeness (QED) is 0.0500. The van der Waals surface area contributed by atoms with E-state index in [0.717, 1.165) is 0 Å². The van der Waals surface area contributed by atoms with E-state index in [2.05, 4.69) is 47.5 Å². The number of carbonyl (C=O) groups excluding carboxylic acids is 8.